The second kappa shape index (κ2) is 11.6. The van der Waals surface area contributed by atoms with Gasteiger partial charge in [-0.1, -0.05) is 0 Å². The molecule has 0 spiro atoms. The Kier molecular flexibility index (Phi) is 9.21. The monoisotopic (exact) mass is 452 g/mol. The highest BCUT2D eigenvalue weighted by Crippen LogP contribution is 2.43. The van der Waals surface area contributed by atoms with Crippen LogP contribution < -0.4 is 0 Å². The van der Waals surface area contributed by atoms with Gasteiger partial charge >= 0.3 is 53.0 Å². The van der Waals surface area contributed by atoms with E-state index in [4.69, 9.17) is 27.1 Å². The van der Waals surface area contributed by atoms with Crippen LogP contribution in [-0.4, -0.2) is 35.8 Å². The van der Waals surface area contributed by atoms with Gasteiger partial charge in [0.15, 0.2) is 0 Å². The van der Waals surface area contributed by atoms with Gasteiger partial charge in [-0.25, -0.2) is 0 Å². The molecule has 29 heavy (non-hydrogen) atoms. The zero-order chi connectivity index (χ0) is 21.2. The van der Waals surface area contributed by atoms with Gasteiger partial charge < -0.3 is 27.1 Å². The summed E-state index contributed by atoms with van der Waals surface area (Å²) < 4.78 is 28.6. The van der Waals surface area contributed by atoms with E-state index in [1.54, 1.807) is 0 Å². The van der Waals surface area contributed by atoms with E-state index < -0.39 is 53.0 Å². The third-order valence-corrected chi connectivity index (χ3v) is 5.46. The van der Waals surface area contributed by atoms with Gasteiger partial charge in [0, 0.05) is 38.5 Å². The van der Waals surface area contributed by atoms with Crippen LogP contribution in [0.15, 0.2) is 0 Å². The second-order valence-electron chi connectivity index (χ2n) is 5.79. The van der Waals surface area contributed by atoms with Crippen LogP contribution in [0, 0.1) is 0 Å². The average molecular weight is 452 g/mol. The van der Waals surface area contributed by atoms with E-state index in [0.29, 0.717) is 0 Å². The van der Waals surface area contributed by atoms with Crippen molar-refractivity contribution in [3.8, 4) is 0 Å². The Morgan fingerprint density at radius 1 is 0.655 bits per heavy atom. The van der Waals surface area contributed by atoms with Crippen molar-refractivity contribution in [2.75, 3.05) is 0 Å². The summed E-state index contributed by atoms with van der Waals surface area (Å²) in [7, 11) is -4.94. The first-order valence-electron chi connectivity index (χ1n) is 8.67. The lowest BCUT2D eigenvalue weighted by Gasteiger charge is -2.17. The van der Waals surface area contributed by atoms with Crippen LogP contribution in [-0.2, 0) is 55.9 Å². The molecule has 2 fully saturated rings. The third-order valence-electron chi connectivity index (χ3n) is 3.34. The van der Waals surface area contributed by atoms with Crippen molar-refractivity contribution < 1.29 is 55.9 Å². The van der Waals surface area contributed by atoms with E-state index >= 15 is 0 Å². The highest BCUT2D eigenvalue weighted by Gasteiger charge is 2.31. The molecule has 2 aliphatic rings. The van der Waals surface area contributed by atoms with Gasteiger partial charge in [-0.2, -0.15) is 0 Å². The molecule has 0 saturated carbocycles. The summed E-state index contributed by atoms with van der Waals surface area (Å²) in [4.78, 5) is 69.2. The van der Waals surface area contributed by atoms with Crippen molar-refractivity contribution in [2.24, 2.45) is 0 Å². The van der Waals surface area contributed by atoms with Crippen LogP contribution in [0.1, 0.15) is 57.8 Å². The lowest BCUT2D eigenvalue weighted by molar-refractivity contribution is -0.146. The van der Waals surface area contributed by atoms with E-state index in [1.165, 1.54) is 0 Å². The molecule has 0 atom stereocenters. The highest BCUT2D eigenvalue weighted by atomic mass is 31.2. The summed E-state index contributed by atoms with van der Waals surface area (Å²) in [5, 5.41) is 0. The predicted molar refractivity (Wildman–Crippen MR) is 91.9 cm³/mol. The molecule has 0 N–H and O–H groups in total. The van der Waals surface area contributed by atoms with Crippen LogP contribution in [0.5, 0.6) is 0 Å². The van der Waals surface area contributed by atoms with Gasteiger partial charge in [-0.15, -0.1) is 0 Å². The Labute approximate surface area is 167 Å². The van der Waals surface area contributed by atoms with Crippen molar-refractivity contribution in [1.29, 1.82) is 0 Å². The van der Waals surface area contributed by atoms with Crippen molar-refractivity contribution in [2.45, 2.75) is 57.8 Å². The quantitative estimate of drug-likeness (QED) is 0.542. The van der Waals surface area contributed by atoms with Gasteiger partial charge in [-0.05, 0) is 19.3 Å². The molecule has 0 bridgehead atoms. The van der Waals surface area contributed by atoms with E-state index in [0.717, 1.165) is 0 Å². The minimum atomic E-state index is -2.47. The molecule has 0 aliphatic carbocycles. The fourth-order valence-electron chi connectivity index (χ4n) is 2.02. The van der Waals surface area contributed by atoms with Gasteiger partial charge in [-0.3, -0.25) is 28.8 Å². The van der Waals surface area contributed by atoms with Crippen LogP contribution in [0.25, 0.3) is 0 Å². The molecule has 0 aromatic heterocycles. The first kappa shape index (κ1) is 23.0. The summed E-state index contributed by atoms with van der Waals surface area (Å²) in [6, 6.07) is 0. The highest BCUT2D eigenvalue weighted by molar-refractivity contribution is 7.43. The third kappa shape index (κ3) is 9.15. The van der Waals surface area contributed by atoms with Gasteiger partial charge in [0.25, 0.3) is 0 Å². The van der Waals surface area contributed by atoms with E-state index in [2.05, 4.69) is 0 Å². The molecule has 160 valence electrons. The molecule has 12 nitrogen and oxygen atoms in total. The molecule has 2 saturated heterocycles. The fraction of sp³-hybridized carbons (Fsp3) is 0.600. The SMILES string of the molecule is O=C1CCCC(=O)OP(OC(=O)CCCC(=O)OP2OC(=O)CCCC(=O)O2)O1. The summed E-state index contributed by atoms with van der Waals surface area (Å²) in [6.07, 6.45) is 0.0544. The van der Waals surface area contributed by atoms with Gasteiger partial charge in [0.1, 0.15) is 0 Å². The maximum absolute atomic E-state index is 11.8. The van der Waals surface area contributed by atoms with Crippen LogP contribution in [0.2, 0.25) is 0 Å². The van der Waals surface area contributed by atoms with Crippen molar-refractivity contribution in [3.63, 3.8) is 0 Å². The molecular weight excluding hydrogens is 434 g/mol. The largest absolute Gasteiger partial charge is 0.537 e. The zero-order valence-electron chi connectivity index (χ0n) is 15.2. The van der Waals surface area contributed by atoms with Crippen molar-refractivity contribution in [3.05, 3.63) is 0 Å². The zero-order valence-corrected chi connectivity index (χ0v) is 16.9. The number of rotatable bonds is 6. The number of carbonyl (C=O) groups is 6. The lowest BCUT2D eigenvalue weighted by Crippen LogP contribution is -2.15. The molecular formula is C15H18O12P2. The Hall–Kier alpha value is -2.32. The molecule has 0 aromatic carbocycles. The number of carbonyl (C=O) groups excluding carboxylic acids is 6. The molecule has 2 rings (SSSR count). The molecule has 0 amide bonds. The number of hydrogen-bond acceptors (Lipinski definition) is 12. The Bertz CT molecular complexity index is 586. The summed E-state index contributed by atoms with van der Waals surface area (Å²) in [6.45, 7) is 0. The Morgan fingerprint density at radius 2 is 0.966 bits per heavy atom. The summed E-state index contributed by atoms with van der Waals surface area (Å²) >= 11 is 0. The van der Waals surface area contributed by atoms with Crippen molar-refractivity contribution in [1.82, 2.24) is 0 Å². The summed E-state index contributed by atoms with van der Waals surface area (Å²) in [5.41, 5.74) is 0. The second-order valence-corrected chi connectivity index (χ2v) is 7.78. The number of hydrogen-bond donors (Lipinski definition) is 0. The molecule has 2 heterocycles. The van der Waals surface area contributed by atoms with Crippen LogP contribution >= 0.6 is 17.2 Å². The smallest absolute Gasteiger partial charge is 0.375 e. The Morgan fingerprint density at radius 3 is 1.28 bits per heavy atom. The first-order chi connectivity index (χ1) is 13.8. The standard InChI is InChI=1S/C15H18O12P2/c16-10-4-1-5-11(17)23-28(22-10)26-14(20)8-3-9-15(21)27-29-24-12(18)6-2-7-13(19)25-29/h1-9H2. The molecule has 0 unspecified atom stereocenters. The topological polar surface area (TPSA) is 158 Å². The molecule has 2 aliphatic heterocycles. The van der Waals surface area contributed by atoms with Crippen LogP contribution in [0.3, 0.4) is 0 Å². The minimum absolute atomic E-state index is 0.00938. The lowest BCUT2D eigenvalue weighted by atomic mass is 10.2. The fourth-order valence-corrected chi connectivity index (χ4v) is 3.78. The van der Waals surface area contributed by atoms with Crippen LogP contribution in [0.4, 0.5) is 0 Å². The Balaban J connectivity index is 1.70. The normalized spacial score (nSPS) is 19.3. The first-order valence-corrected chi connectivity index (χ1v) is 10.9. The van der Waals surface area contributed by atoms with Gasteiger partial charge in [0.2, 0.25) is 0 Å². The molecule has 14 heteroatoms. The maximum atomic E-state index is 11.8. The van der Waals surface area contributed by atoms with Crippen molar-refractivity contribution >= 4 is 53.0 Å². The van der Waals surface area contributed by atoms with E-state index in [1.807, 2.05) is 0 Å². The molecule has 0 radical (unpaired) electrons. The maximum Gasteiger partial charge on any atom is 0.537 e. The minimum Gasteiger partial charge on any atom is -0.375 e. The van der Waals surface area contributed by atoms with E-state index in [-0.39, 0.29) is 57.8 Å². The molecule has 0 aromatic rings. The van der Waals surface area contributed by atoms with E-state index in [9.17, 15) is 28.8 Å². The van der Waals surface area contributed by atoms with Gasteiger partial charge in [0.05, 0.1) is 0 Å². The average Bonchev–Trinajstić information content (AvgIpc) is 2.58. The predicted octanol–water partition coefficient (Wildman–Crippen LogP) is 2.24. The summed E-state index contributed by atoms with van der Waals surface area (Å²) in [5.74, 6) is -4.29.